The van der Waals surface area contributed by atoms with Crippen molar-refractivity contribution in [3.63, 3.8) is 0 Å². The lowest BCUT2D eigenvalue weighted by Gasteiger charge is -2.11. The molecule has 1 rings (SSSR count). The SMILES string of the molecule is CC(=O)Nc1ccc([C@@H](N)CCO)cc1.Cl. The van der Waals surface area contributed by atoms with Crippen molar-refractivity contribution in [2.75, 3.05) is 11.9 Å². The van der Waals surface area contributed by atoms with Crippen molar-refractivity contribution < 1.29 is 9.90 Å². The summed E-state index contributed by atoms with van der Waals surface area (Å²) in [7, 11) is 0. The Labute approximate surface area is 101 Å². The number of rotatable bonds is 4. The lowest BCUT2D eigenvalue weighted by molar-refractivity contribution is -0.114. The van der Waals surface area contributed by atoms with Gasteiger partial charge in [0.2, 0.25) is 5.91 Å². The molecule has 0 aliphatic heterocycles. The van der Waals surface area contributed by atoms with E-state index < -0.39 is 0 Å². The Balaban J connectivity index is 0.00000225. The molecule has 16 heavy (non-hydrogen) atoms. The second kappa shape index (κ2) is 7.22. The molecule has 1 aromatic rings. The smallest absolute Gasteiger partial charge is 0.221 e. The Kier molecular flexibility index (Phi) is 6.72. The first-order valence-corrected chi connectivity index (χ1v) is 4.87. The van der Waals surface area contributed by atoms with Crippen molar-refractivity contribution >= 4 is 24.0 Å². The van der Waals surface area contributed by atoms with E-state index in [4.69, 9.17) is 10.8 Å². The van der Waals surface area contributed by atoms with Crippen molar-refractivity contribution in [3.8, 4) is 0 Å². The predicted molar refractivity (Wildman–Crippen MR) is 66.6 cm³/mol. The first kappa shape index (κ1) is 14.9. The predicted octanol–water partition coefficient (Wildman–Crippen LogP) is 1.45. The van der Waals surface area contributed by atoms with Crippen LogP contribution in [0.3, 0.4) is 0 Å². The monoisotopic (exact) mass is 244 g/mol. The number of aliphatic hydroxyl groups is 1. The molecule has 0 aliphatic carbocycles. The Morgan fingerprint density at radius 3 is 2.44 bits per heavy atom. The minimum absolute atomic E-state index is 0. The summed E-state index contributed by atoms with van der Waals surface area (Å²) in [5, 5.41) is 11.4. The zero-order valence-electron chi connectivity index (χ0n) is 9.14. The molecule has 4 nitrogen and oxygen atoms in total. The number of nitrogens with two attached hydrogens (primary N) is 1. The number of halogens is 1. The van der Waals surface area contributed by atoms with Gasteiger partial charge in [0, 0.05) is 25.3 Å². The highest BCUT2D eigenvalue weighted by Crippen LogP contribution is 2.16. The molecule has 0 saturated heterocycles. The highest BCUT2D eigenvalue weighted by molar-refractivity contribution is 5.88. The summed E-state index contributed by atoms with van der Waals surface area (Å²) in [6.45, 7) is 1.54. The van der Waals surface area contributed by atoms with Crippen LogP contribution in [0.2, 0.25) is 0 Å². The fourth-order valence-corrected chi connectivity index (χ4v) is 1.32. The van der Waals surface area contributed by atoms with Gasteiger partial charge in [-0.15, -0.1) is 12.4 Å². The van der Waals surface area contributed by atoms with Gasteiger partial charge in [-0.25, -0.2) is 0 Å². The number of amides is 1. The van der Waals surface area contributed by atoms with Gasteiger partial charge in [0.05, 0.1) is 0 Å². The molecule has 0 radical (unpaired) electrons. The Hall–Kier alpha value is -1.10. The average Bonchev–Trinajstić information content (AvgIpc) is 2.18. The van der Waals surface area contributed by atoms with E-state index in [0.717, 1.165) is 11.3 Å². The Bertz CT molecular complexity index is 327. The quantitative estimate of drug-likeness (QED) is 0.750. The Morgan fingerprint density at radius 2 is 2.00 bits per heavy atom. The first-order valence-electron chi connectivity index (χ1n) is 4.87. The fraction of sp³-hybridized carbons (Fsp3) is 0.364. The van der Waals surface area contributed by atoms with E-state index in [1.54, 1.807) is 12.1 Å². The van der Waals surface area contributed by atoms with Gasteiger partial charge in [0.25, 0.3) is 0 Å². The second-order valence-electron chi connectivity index (χ2n) is 3.42. The van der Waals surface area contributed by atoms with Crippen LogP contribution in [0.1, 0.15) is 24.9 Å². The maximum Gasteiger partial charge on any atom is 0.221 e. The molecule has 0 aliphatic rings. The maximum atomic E-state index is 10.8. The minimum Gasteiger partial charge on any atom is -0.396 e. The van der Waals surface area contributed by atoms with E-state index in [0.29, 0.717) is 6.42 Å². The highest BCUT2D eigenvalue weighted by atomic mass is 35.5. The number of hydrogen-bond acceptors (Lipinski definition) is 3. The van der Waals surface area contributed by atoms with Gasteiger partial charge >= 0.3 is 0 Å². The van der Waals surface area contributed by atoms with Crippen LogP contribution in [0.25, 0.3) is 0 Å². The van der Waals surface area contributed by atoms with Crippen LogP contribution in [0.4, 0.5) is 5.69 Å². The van der Waals surface area contributed by atoms with Crippen molar-refractivity contribution in [2.45, 2.75) is 19.4 Å². The molecule has 5 heteroatoms. The van der Waals surface area contributed by atoms with Crippen LogP contribution in [0.15, 0.2) is 24.3 Å². The minimum atomic E-state index is -0.152. The molecule has 0 unspecified atom stereocenters. The normalized spacial score (nSPS) is 11.4. The number of carbonyl (C=O) groups is 1. The van der Waals surface area contributed by atoms with E-state index in [2.05, 4.69) is 5.32 Å². The summed E-state index contributed by atoms with van der Waals surface area (Å²) in [5.74, 6) is -0.0950. The largest absolute Gasteiger partial charge is 0.396 e. The van der Waals surface area contributed by atoms with Crippen molar-refractivity contribution in [3.05, 3.63) is 29.8 Å². The lowest BCUT2D eigenvalue weighted by atomic mass is 10.0. The molecule has 0 spiro atoms. The van der Waals surface area contributed by atoms with Gasteiger partial charge in [-0.05, 0) is 24.1 Å². The molecule has 4 N–H and O–H groups in total. The van der Waals surface area contributed by atoms with Crippen LogP contribution in [-0.2, 0) is 4.79 Å². The molecule has 0 bridgehead atoms. The molecular weight excluding hydrogens is 228 g/mol. The van der Waals surface area contributed by atoms with E-state index in [1.165, 1.54) is 6.92 Å². The van der Waals surface area contributed by atoms with Crippen LogP contribution >= 0.6 is 12.4 Å². The summed E-state index contributed by atoms with van der Waals surface area (Å²) in [5.41, 5.74) is 7.52. The number of nitrogens with one attached hydrogen (secondary N) is 1. The van der Waals surface area contributed by atoms with E-state index in [9.17, 15) is 4.79 Å². The summed E-state index contributed by atoms with van der Waals surface area (Å²) in [6, 6.07) is 7.15. The molecule has 0 heterocycles. The van der Waals surface area contributed by atoms with Crippen LogP contribution in [0.5, 0.6) is 0 Å². The maximum absolute atomic E-state index is 10.8. The van der Waals surface area contributed by atoms with E-state index in [-0.39, 0.29) is 31.0 Å². The van der Waals surface area contributed by atoms with E-state index >= 15 is 0 Å². The van der Waals surface area contributed by atoms with Crippen molar-refractivity contribution in [1.82, 2.24) is 0 Å². The number of anilines is 1. The third-order valence-electron chi connectivity index (χ3n) is 2.10. The summed E-state index contributed by atoms with van der Waals surface area (Å²) in [4.78, 5) is 10.8. The van der Waals surface area contributed by atoms with Crippen molar-refractivity contribution in [2.24, 2.45) is 5.73 Å². The van der Waals surface area contributed by atoms with Gasteiger partial charge in [-0.1, -0.05) is 12.1 Å². The number of benzene rings is 1. The van der Waals surface area contributed by atoms with Crippen LogP contribution in [-0.4, -0.2) is 17.6 Å². The standard InChI is InChI=1S/C11H16N2O2.ClH/c1-8(15)13-10-4-2-9(3-5-10)11(12)6-7-14;/h2-5,11,14H,6-7,12H2,1H3,(H,13,15);1H/t11-;/m0./s1. The lowest BCUT2D eigenvalue weighted by Crippen LogP contribution is -2.12. The molecule has 90 valence electrons. The zero-order valence-corrected chi connectivity index (χ0v) is 9.96. The van der Waals surface area contributed by atoms with Crippen molar-refractivity contribution in [1.29, 1.82) is 0 Å². The number of aliphatic hydroxyl groups excluding tert-OH is 1. The van der Waals surface area contributed by atoms with Gasteiger partial charge in [-0.3, -0.25) is 4.79 Å². The molecule has 0 aromatic heterocycles. The van der Waals surface area contributed by atoms with Gasteiger partial charge < -0.3 is 16.2 Å². The van der Waals surface area contributed by atoms with E-state index in [1.807, 2.05) is 12.1 Å². The van der Waals surface area contributed by atoms with Crippen LogP contribution < -0.4 is 11.1 Å². The molecule has 1 amide bonds. The second-order valence-corrected chi connectivity index (χ2v) is 3.42. The third kappa shape index (κ3) is 4.61. The van der Waals surface area contributed by atoms with Gasteiger partial charge in [0.1, 0.15) is 0 Å². The molecule has 0 fully saturated rings. The summed E-state index contributed by atoms with van der Waals surface area (Å²) < 4.78 is 0. The highest BCUT2D eigenvalue weighted by Gasteiger charge is 2.04. The summed E-state index contributed by atoms with van der Waals surface area (Å²) in [6.07, 6.45) is 0.541. The van der Waals surface area contributed by atoms with Gasteiger partial charge in [-0.2, -0.15) is 0 Å². The zero-order chi connectivity index (χ0) is 11.3. The van der Waals surface area contributed by atoms with Crippen LogP contribution in [0, 0.1) is 0 Å². The average molecular weight is 245 g/mol. The summed E-state index contributed by atoms with van der Waals surface area (Å²) >= 11 is 0. The third-order valence-corrected chi connectivity index (χ3v) is 2.10. The topological polar surface area (TPSA) is 75.4 Å². The molecular formula is C11H17ClN2O2. The number of carbonyl (C=O) groups excluding carboxylic acids is 1. The molecule has 1 aromatic carbocycles. The number of hydrogen-bond donors (Lipinski definition) is 3. The first-order chi connectivity index (χ1) is 7.13. The molecule has 0 saturated carbocycles. The Morgan fingerprint density at radius 1 is 1.44 bits per heavy atom. The van der Waals surface area contributed by atoms with Gasteiger partial charge in [0.15, 0.2) is 0 Å². The fourth-order valence-electron chi connectivity index (χ4n) is 1.32. The molecule has 1 atom stereocenters.